The second kappa shape index (κ2) is 4.12. The van der Waals surface area contributed by atoms with Crippen LogP contribution in [0, 0.1) is 0 Å². The third-order valence-corrected chi connectivity index (χ3v) is 6.94. The summed E-state index contributed by atoms with van der Waals surface area (Å²) in [6.45, 7) is 0. The van der Waals surface area contributed by atoms with Gasteiger partial charge in [-0.1, -0.05) is 0 Å². The molecule has 0 aromatic heterocycles. The maximum atomic E-state index is 12.2. The van der Waals surface area contributed by atoms with E-state index in [1.54, 1.807) is 0 Å². The first kappa shape index (κ1) is 12.5. The first-order valence-electron chi connectivity index (χ1n) is 3.46. The molecule has 1 rings (SSSR count). The average Bonchev–Trinajstić information content (AvgIpc) is 2.01. The van der Waals surface area contributed by atoms with Gasteiger partial charge in [0, 0.05) is 0 Å². The van der Waals surface area contributed by atoms with Gasteiger partial charge in [0.2, 0.25) is 0 Å². The van der Waals surface area contributed by atoms with Gasteiger partial charge >= 0.3 is 94.1 Å². The molecule has 0 aliphatic heterocycles. The van der Waals surface area contributed by atoms with Gasteiger partial charge in [-0.3, -0.25) is 0 Å². The molecular formula is C7H4Cl3F3Ge. The fourth-order valence-electron chi connectivity index (χ4n) is 0.872. The quantitative estimate of drug-likeness (QED) is 0.693. The van der Waals surface area contributed by atoms with E-state index in [9.17, 15) is 13.2 Å². The van der Waals surface area contributed by atoms with E-state index < -0.39 is 22.2 Å². The van der Waals surface area contributed by atoms with E-state index >= 15 is 0 Å². The van der Waals surface area contributed by atoms with Gasteiger partial charge < -0.3 is 0 Å². The summed E-state index contributed by atoms with van der Waals surface area (Å²) in [7, 11) is 13.2. The van der Waals surface area contributed by atoms with E-state index in [4.69, 9.17) is 30.0 Å². The van der Waals surface area contributed by atoms with E-state index in [2.05, 4.69) is 0 Å². The van der Waals surface area contributed by atoms with E-state index in [0.717, 1.165) is 12.1 Å². The van der Waals surface area contributed by atoms with E-state index in [0.29, 0.717) is 0 Å². The third-order valence-electron chi connectivity index (χ3n) is 1.52. The molecule has 0 amide bonds. The summed E-state index contributed by atoms with van der Waals surface area (Å²) in [6.07, 6.45) is -4.39. The first-order valence-corrected chi connectivity index (χ1v) is 12.8. The Hall–Kier alpha value is 0.423. The third kappa shape index (κ3) is 3.22. The molecule has 1 aromatic carbocycles. The molecule has 0 heterocycles. The van der Waals surface area contributed by atoms with Crippen LogP contribution in [0.5, 0.6) is 0 Å². The molecule has 0 unspecified atom stereocenters. The van der Waals surface area contributed by atoms with Gasteiger partial charge in [-0.25, -0.2) is 0 Å². The summed E-state index contributed by atoms with van der Waals surface area (Å²) in [5.74, 6) is 0. The minimum atomic E-state index is -4.39. The second-order valence-electron chi connectivity index (χ2n) is 2.58. The van der Waals surface area contributed by atoms with E-state index in [1.165, 1.54) is 12.1 Å². The molecule has 7 heteroatoms. The number of rotatable bonds is 1. The Labute approximate surface area is 93.9 Å². The summed E-state index contributed by atoms with van der Waals surface area (Å²) in [5, 5.41) is 0. The Kier molecular flexibility index (Phi) is 3.68. The Bertz CT molecular complexity index is 302. The molecule has 0 N–H and O–H groups in total. The Morgan fingerprint density at radius 1 is 1.07 bits per heavy atom. The Morgan fingerprint density at radius 2 is 1.64 bits per heavy atom. The zero-order valence-corrected chi connectivity index (χ0v) is 10.9. The van der Waals surface area contributed by atoms with E-state index in [-0.39, 0.29) is 4.40 Å². The van der Waals surface area contributed by atoms with Crippen LogP contribution in [0.4, 0.5) is 13.2 Å². The summed E-state index contributed by atoms with van der Waals surface area (Å²) in [6, 6.07) is 4.49. The van der Waals surface area contributed by atoms with Crippen LogP contribution in [0.3, 0.4) is 0 Å². The first-order chi connectivity index (χ1) is 6.21. The molecular weight excluding hydrogens is 320 g/mol. The molecule has 0 atom stereocenters. The van der Waals surface area contributed by atoms with Crippen molar-refractivity contribution < 1.29 is 13.2 Å². The Balaban J connectivity index is 3.15. The van der Waals surface area contributed by atoms with Crippen molar-refractivity contribution in [3.63, 3.8) is 0 Å². The van der Waals surface area contributed by atoms with Gasteiger partial charge in [-0.05, 0) is 0 Å². The van der Waals surface area contributed by atoms with Crippen molar-refractivity contribution in [2.75, 3.05) is 0 Å². The van der Waals surface area contributed by atoms with Crippen LogP contribution in [-0.4, -0.2) is 10.5 Å². The monoisotopic (exact) mass is 324 g/mol. The zero-order valence-electron chi connectivity index (χ0n) is 6.58. The molecule has 0 saturated carbocycles. The molecule has 0 nitrogen and oxygen atoms in total. The van der Waals surface area contributed by atoms with Crippen LogP contribution in [0.25, 0.3) is 0 Å². The molecule has 0 saturated heterocycles. The molecule has 14 heavy (non-hydrogen) atoms. The fraction of sp³-hybridized carbons (Fsp3) is 0.143. The van der Waals surface area contributed by atoms with E-state index in [1.807, 2.05) is 0 Å². The van der Waals surface area contributed by atoms with Gasteiger partial charge in [0.1, 0.15) is 0 Å². The predicted octanol–water partition coefficient (Wildman–Crippen LogP) is 3.57. The van der Waals surface area contributed by atoms with Gasteiger partial charge in [0.05, 0.1) is 0 Å². The topological polar surface area (TPSA) is 0 Å². The van der Waals surface area contributed by atoms with Gasteiger partial charge in [-0.2, -0.15) is 0 Å². The van der Waals surface area contributed by atoms with Gasteiger partial charge in [0.15, 0.2) is 0 Å². The van der Waals surface area contributed by atoms with Crippen molar-refractivity contribution in [2.24, 2.45) is 0 Å². The van der Waals surface area contributed by atoms with Crippen molar-refractivity contribution >= 4 is 44.9 Å². The average molecular weight is 324 g/mol. The molecule has 0 fully saturated rings. The van der Waals surface area contributed by atoms with Crippen LogP contribution < -0.4 is 4.40 Å². The van der Waals surface area contributed by atoms with Crippen LogP contribution >= 0.6 is 30.0 Å². The van der Waals surface area contributed by atoms with Crippen LogP contribution in [-0.2, 0) is 6.18 Å². The summed E-state index contributed by atoms with van der Waals surface area (Å²) < 4.78 is 36.9. The van der Waals surface area contributed by atoms with Gasteiger partial charge in [0.25, 0.3) is 0 Å². The molecule has 1 aromatic rings. The summed E-state index contributed by atoms with van der Waals surface area (Å²) >= 11 is 0. The van der Waals surface area contributed by atoms with Crippen LogP contribution in [0.2, 0.25) is 0 Å². The fourth-order valence-corrected chi connectivity index (χ4v) is 3.97. The number of halogens is 6. The maximum absolute atomic E-state index is 12.2. The summed E-state index contributed by atoms with van der Waals surface area (Å²) in [5.41, 5.74) is -0.785. The summed E-state index contributed by atoms with van der Waals surface area (Å²) in [4.78, 5) is 0. The second-order valence-corrected chi connectivity index (χ2v) is 17.7. The number of benzene rings is 1. The van der Waals surface area contributed by atoms with Crippen molar-refractivity contribution in [1.29, 1.82) is 0 Å². The Morgan fingerprint density at radius 3 is 2.07 bits per heavy atom. The van der Waals surface area contributed by atoms with Crippen molar-refractivity contribution in [2.45, 2.75) is 6.18 Å². The van der Waals surface area contributed by atoms with Crippen molar-refractivity contribution in [3.8, 4) is 0 Å². The number of hydrogen-bond acceptors (Lipinski definition) is 0. The SMILES string of the molecule is FC(F)(F)c1ccc[c]([Ge]([Cl])([Cl])[Cl])c1. The van der Waals surface area contributed by atoms with Gasteiger partial charge in [-0.15, -0.1) is 0 Å². The predicted molar refractivity (Wildman–Crippen MR) is 54.4 cm³/mol. The normalized spacial score (nSPS) is 13.0. The number of alkyl halides is 3. The molecule has 78 valence electrons. The molecule has 0 bridgehead atoms. The van der Waals surface area contributed by atoms with Crippen molar-refractivity contribution in [1.82, 2.24) is 0 Å². The molecule has 0 aliphatic rings. The molecule has 0 spiro atoms. The number of hydrogen-bond donors (Lipinski definition) is 0. The molecule has 0 radical (unpaired) electrons. The standard InChI is InChI=1S/C7H4Cl3F3Ge/c8-14(9,10)6-3-1-2-5(4-6)7(11,12)13/h1-4H. The molecule has 0 aliphatic carbocycles. The van der Waals surface area contributed by atoms with Crippen molar-refractivity contribution in [3.05, 3.63) is 29.8 Å². The van der Waals surface area contributed by atoms with Crippen LogP contribution in [0.1, 0.15) is 5.56 Å². The van der Waals surface area contributed by atoms with Crippen LogP contribution in [0.15, 0.2) is 24.3 Å². The minimum absolute atomic E-state index is 0.185. The zero-order chi connectivity index (χ0) is 11.0.